The maximum Gasteiger partial charge on any atom is 0.264 e. The number of sulfonamides is 1. The minimum Gasteiger partial charge on any atom is -0.492 e. The van der Waals surface area contributed by atoms with Crippen LogP contribution >= 0.6 is 11.8 Å². The summed E-state index contributed by atoms with van der Waals surface area (Å²) in [6.07, 6.45) is 2.18. The molecule has 0 aliphatic rings. The van der Waals surface area contributed by atoms with Crippen LogP contribution in [0, 0.1) is 11.7 Å². The van der Waals surface area contributed by atoms with Gasteiger partial charge < -0.3 is 15.0 Å². The smallest absolute Gasteiger partial charge is 0.264 e. The molecule has 0 saturated carbocycles. The summed E-state index contributed by atoms with van der Waals surface area (Å²) in [6, 6.07) is 17.8. The molecular weight excluding hydrogens is 590 g/mol. The monoisotopic (exact) mass is 629 g/mol. The summed E-state index contributed by atoms with van der Waals surface area (Å²) in [4.78, 5) is 29.8. The Hall–Kier alpha value is -3.57. The molecule has 0 spiro atoms. The molecule has 0 aliphatic heterocycles. The van der Waals surface area contributed by atoms with E-state index in [2.05, 4.69) is 5.32 Å². The second kappa shape index (κ2) is 15.8. The summed E-state index contributed by atoms with van der Waals surface area (Å²) < 4.78 is 48.8. The van der Waals surface area contributed by atoms with Crippen LogP contribution in [0.2, 0.25) is 0 Å². The van der Waals surface area contributed by atoms with Gasteiger partial charge in [0.1, 0.15) is 24.2 Å². The Kier molecular flexibility index (Phi) is 12.4. The van der Waals surface area contributed by atoms with Crippen molar-refractivity contribution in [3.63, 3.8) is 0 Å². The zero-order valence-corrected chi connectivity index (χ0v) is 26.9. The highest BCUT2D eigenvalue weighted by Gasteiger charge is 2.34. The maximum atomic E-state index is 14.2. The van der Waals surface area contributed by atoms with E-state index >= 15 is 0 Å². The number of carbonyl (C=O) groups excluding carboxylic acids is 2. The van der Waals surface area contributed by atoms with E-state index in [1.54, 1.807) is 62.4 Å². The van der Waals surface area contributed by atoms with Gasteiger partial charge in [-0.1, -0.05) is 45.0 Å². The molecule has 1 unspecified atom stereocenters. The second-order valence-corrected chi connectivity index (χ2v) is 13.0. The predicted molar refractivity (Wildman–Crippen MR) is 169 cm³/mol. The molecule has 232 valence electrons. The number of nitrogens with one attached hydrogen (secondary N) is 1. The third kappa shape index (κ3) is 8.96. The molecular formula is C32H40FN3O5S2. The summed E-state index contributed by atoms with van der Waals surface area (Å²) in [5.74, 6) is -0.875. The highest BCUT2D eigenvalue weighted by molar-refractivity contribution is 7.98. The zero-order chi connectivity index (χ0) is 31.6. The second-order valence-electron chi connectivity index (χ2n) is 10.3. The van der Waals surface area contributed by atoms with Gasteiger partial charge in [0.2, 0.25) is 11.8 Å². The van der Waals surface area contributed by atoms with Crippen molar-refractivity contribution in [1.29, 1.82) is 0 Å². The van der Waals surface area contributed by atoms with Crippen molar-refractivity contribution < 1.29 is 27.1 Å². The van der Waals surface area contributed by atoms with Crippen molar-refractivity contribution in [2.45, 2.75) is 56.5 Å². The fourth-order valence-corrected chi connectivity index (χ4v) is 6.29. The lowest BCUT2D eigenvalue weighted by Crippen LogP contribution is -2.52. The minimum atomic E-state index is -4.25. The van der Waals surface area contributed by atoms with Gasteiger partial charge in [-0.2, -0.15) is 0 Å². The lowest BCUT2D eigenvalue weighted by atomic mass is 10.1. The molecule has 0 fully saturated rings. The van der Waals surface area contributed by atoms with E-state index in [9.17, 15) is 22.4 Å². The number of hydrogen-bond donors (Lipinski definition) is 1. The SMILES string of the molecule is CCOc1ccccc1N(CC(=O)N(Cc1ccc(F)cc1)C(CC)C(=O)NCC(C)C)S(=O)(=O)c1ccc(SC)cc1. The molecule has 0 radical (unpaired) electrons. The number of para-hydroxylation sites is 2. The number of carbonyl (C=O) groups is 2. The highest BCUT2D eigenvalue weighted by Crippen LogP contribution is 2.33. The first-order valence-corrected chi connectivity index (χ1v) is 16.9. The molecule has 8 nitrogen and oxygen atoms in total. The quantitative estimate of drug-likeness (QED) is 0.216. The topological polar surface area (TPSA) is 96.0 Å². The average Bonchev–Trinajstić information content (AvgIpc) is 3.00. The number of ether oxygens (including phenoxy) is 1. The minimum absolute atomic E-state index is 0.0104. The van der Waals surface area contributed by atoms with Gasteiger partial charge in [-0.05, 0) is 79.6 Å². The Labute approximate surface area is 258 Å². The van der Waals surface area contributed by atoms with E-state index in [0.717, 1.165) is 9.20 Å². The lowest BCUT2D eigenvalue weighted by Gasteiger charge is -2.33. The van der Waals surface area contributed by atoms with Crippen LogP contribution in [-0.2, 0) is 26.2 Å². The van der Waals surface area contributed by atoms with E-state index < -0.39 is 34.3 Å². The normalized spacial score (nSPS) is 12.1. The number of hydrogen-bond acceptors (Lipinski definition) is 6. The molecule has 3 aromatic rings. The maximum absolute atomic E-state index is 14.2. The van der Waals surface area contributed by atoms with Gasteiger partial charge in [0.05, 0.1) is 17.2 Å². The van der Waals surface area contributed by atoms with Crippen LogP contribution in [0.3, 0.4) is 0 Å². The molecule has 3 rings (SSSR count). The Morgan fingerprint density at radius 3 is 2.21 bits per heavy atom. The van der Waals surface area contributed by atoms with Gasteiger partial charge in [0.15, 0.2) is 0 Å². The molecule has 0 aliphatic carbocycles. The largest absolute Gasteiger partial charge is 0.492 e. The van der Waals surface area contributed by atoms with Crippen LogP contribution in [0.25, 0.3) is 0 Å². The number of rotatable bonds is 15. The number of halogens is 1. The Morgan fingerprint density at radius 2 is 1.63 bits per heavy atom. The Bertz CT molecular complexity index is 1470. The van der Waals surface area contributed by atoms with Gasteiger partial charge in [-0.25, -0.2) is 12.8 Å². The summed E-state index contributed by atoms with van der Waals surface area (Å²) in [5.41, 5.74) is 0.798. The fraction of sp³-hybridized carbons (Fsp3) is 0.375. The Balaban J connectivity index is 2.09. The van der Waals surface area contributed by atoms with Gasteiger partial charge in [0, 0.05) is 18.0 Å². The molecule has 1 atom stereocenters. The van der Waals surface area contributed by atoms with Crippen molar-refractivity contribution in [2.24, 2.45) is 5.92 Å². The summed E-state index contributed by atoms with van der Waals surface area (Å²) in [6.45, 7) is 7.60. The van der Waals surface area contributed by atoms with Crippen molar-refractivity contribution in [3.05, 3.63) is 84.2 Å². The first-order chi connectivity index (χ1) is 20.5. The van der Waals surface area contributed by atoms with Gasteiger partial charge in [0.25, 0.3) is 10.0 Å². The molecule has 43 heavy (non-hydrogen) atoms. The zero-order valence-electron chi connectivity index (χ0n) is 25.2. The van der Waals surface area contributed by atoms with Crippen LogP contribution < -0.4 is 14.4 Å². The third-order valence-electron chi connectivity index (χ3n) is 6.70. The van der Waals surface area contributed by atoms with Crippen molar-refractivity contribution >= 4 is 39.3 Å². The van der Waals surface area contributed by atoms with Crippen molar-refractivity contribution in [3.8, 4) is 5.75 Å². The van der Waals surface area contributed by atoms with Gasteiger partial charge in [-0.15, -0.1) is 11.8 Å². The predicted octanol–water partition coefficient (Wildman–Crippen LogP) is 5.72. The van der Waals surface area contributed by atoms with Gasteiger partial charge >= 0.3 is 0 Å². The number of benzene rings is 3. The third-order valence-corrected chi connectivity index (χ3v) is 9.21. The first-order valence-electron chi connectivity index (χ1n) is 14.2. The van der Waals surface area contributed by atoms with Crippen LogP contribution in [-0.4, -0.2) is 57.1 Å². The van der Waals surface area contributed by atoms with E-state index in [1.807, 2.05) is 20.1 Å². The van der Waals surface area contributed by atoms with Crippen molar-refractivity contribution in [1.82, 2.24) is 10.2 Å². The molecule has 0 heterocycles. The molecule has 11 heteroatoms. The highest BCUT2D eigenvalue weighted by atomic mass is 32.2. The van der Waals surface area contributed by atoms with E-state index in [1.165, 1.54) is 40.9 Å². The van der Waals surface area contributed by atoms with E-state index in [0.29, 0.717) is 17.9 Å². The summed E-state index contributed by atoms with van der Waals surface area (Å²) in [7, 11) is -4.25. The fourth-order valence-electron chi connectivity index (χ4n) is 4.46. The van der Waals surface area contributed by atoms with Gasteiger partial charge in [-0.3, -0.25) is 13.9 Å². The molecule has 0 aromatic heterocycles. The molecule has 0 saturated heterocycles. The van der Waals surface area contributed by atoms with Crippen LogP contribution in [0.1, 0.15) is 39.7 Å². The number of anilines is 1. The van der Waals surface area contributed by atoms with Crippen LogP contribution in [0.4, 0.5) is 10.1 Å². The molecule has 0 bridgehead atoms. The van der Waals surface area contributed by atoms with E-state index in [4.69, 9.17) is 4.74 Å². The first kappa shape index (κ1) is 33.9. The number of amides is 2. The summed E-state index contributed by atoms with van der Waals surface area (Å²) in [5, 5.41) is 2.89. The average molecular weight is 630 g/mol. The standard InChI is InChI=1S/C32H40FN3O5S2/c1-6-28(32(38)34-20-23(3)4)35(21-24-12-14-25(33)15-13-24)31(37)22-36(29-10-8-9-11-30(29)41-7-2)43(39,40)27-18-16-26(42-5)17-19-27/h8-19,23,28H,6-7,20-22H2,1-5H3,(H,34,38). The molecule has 2 amide bonds. The van der Waals surface area contributed by atoms with Crippen LogP contribution in [0.5, 0.6) is 5.75 Å². The van der Waals surface area contributed by atoms with Crippen LogP contribution in [0.15, 0.2) is 82.6 Å². The number of nitrogens with zero attached hydrogens (tertiary/aromatic N) is 2. The molecule has 3 aromatic carbocycles. The van der Waals surface area contributed by atoms with Crippen molar-refractivity contribution in [2.75, 3.05) is 30.3 Å². The molecule has 1 N–H and O–H groups in total. The summed E-state index contributed by atoms with van der Waals surface area (Å²) >= 11 is 1.48. The lowest BCUT2D eigenvalue weighted by molar-refractivity contribution is -0.140. The van der Waals surface area contributed by atoms with E-state index in [-0.39, 0.29) is 42.0 Å². The number of thioether (sulfide) groups is 1. The Morgan fingerprint density at radius 1 is 0.977 bits per heavy atom.